The second kappa shape index (κ2) is 8.90. The Bertz CT molecular complexity index is 1070. The van der Waals surface area contributed by atoms with E-state index in [0.29, 0.717) is 5.71 Å². The van der Waals surface area contributed by atoms with E-state index in [1.807, 2.05) is 38.2 Å². The van der Waals surface area contributed by atoms with Crippen LogP contribution < -0.4 is 4.90 Å². The second-order valence-electron chi connectivity index (χ2n) is 8.08. The van der Waals surface area contributed by atoms with Crippen molar-refractivity contribution < 1.29 is 9.94 Å². The van der Waals surface area contributed by atoms with E-state index in [0.717, 1.165) is 54.3 Å². The maximum Gasteiger partial charge on any atom is 0.0868 e. The molecule has 3 aromatic rings. The molecule has 160 valence electrons. The van der Waals surface area contributed by atoms with Gasteiger partial charge in [0, 0.05) is 30.7 Å². The maximum atomic E-state index is 10.0. The zero-order chi connectivity index (χ0) is 21.8. The molecule has 1 N–H and O–H groups in total. The number of morpholine rings is 1. The number of rotatable bonds is 5. The molecule has 1 saturated heterocycles. The van der Waals surface area contributed by atoms with Crippen LogP contribution in [0.15, 0.2) is 72.0 Å². The number of hydrogen-bond acceptors (Lipinski definition) is 5. The number of oxime groups is 1. The van der Waals surface area contributed by atoms with Crippen LogP contribution in [-0.4, -0.2) is 42.2 Å². The lowest BCUT2D eigenvalue weighted by Gasteiger charge is -2.37. The SMILES string of the molecule is C/C(=N/O)[C@@](c1ccc(N2CCOCC2)cc1)(c1ccnc(C)c1)c1ccccc1C. The number of aryl methyl sites for hydroxylation is 2. The number of aromatic nitrogens is 1. The largest absolute Gasteiger partial charge is 0.411 e. The van der Waals surface area contributed by atoms with Gasteiger partial charge in [-0.05, 0) is 67.3 Å². The van der Waals surface area contributed by atoms with E-state index < -0.39 is 5.41 Å². The predicted octanol–water partition coefficient (Wildman–Crippen LogP) is 4.72. The Labute approximate surface area is 184 Å². The highest BCUT2D eigenvalue weighted by molar-refractivity contribution is 6.00. The quantitative estimate of drug-likeness (QED) is 0.372. The number of pyridine rings is 1. The number of benzene rings is 2. The molecular formula is C26H29N3O2. The van der Waals surface area contributed by atoms with Crippen molar-refractivity contribution in [3.8, 4) is 0 Å². The van der Waals surface area contributed by atoms with Crippen molar-refractivity contribution in [1.29, 1.82) is 0 Å². The Morgan fingerprint density at radius 2 is 1.71 bits per heavy atom. The average Bonchev–Trinajstić information content (AvgIpc) is 2.81. The van der Waals surface area contributed by atoms with E-state index >= 15 is 0 Å². The summed E-state index contributed by atoms with van der Waals surface area (Å²) in [5, 5.41) is 13.8. The third-order valence-electron chi connectivity index (χ3n) is 6.25. The Balaban J connectivity index is 1.95. The lowest BCUT2D eigenvalue weighted by atomic mass is 9.65. The van der Waals surface area contributed by atoms with Gasteiger partial charge in [0.05, 0.1) is 24.3 Å². The lowest BCUT2D eigenvalue weighted by Crippen LogP contribution is -2.38. The van der Waals surface area contributed by atoms with E-state index in [9.17, 15) is 5.21 Å². The molecule has 2 aromatic carbocycles. The molecule has 0 spiro atoms. The molecule has 1 aliphatic heterocycles. The van der Waals surface area contributed by atoms with E-state index in [4.69, 9.17) is 4.74 Å². The normalized spacial score (nSPS) is 16.7. The molecule has 0 amide bonds. The van der Waals surface area contributed by atoms with Gasteiger partial charge in [0.2, 0.25) is 0 Å². The maximum absolute atomic E-state index is 10.0. The molecule has 0 unspecified atom stereocenters. The molecule has 0 saturated carbocycles. The van der Waals surface area contributed by atoms with Crippen LogP contribution in [0.5, 0.6) is 0 Å². The summed E-state index contributed by atoms with van der Waals surface area (Å²) in [7, 11) is 0. The molecule has 1 aliphatic rings. The highest BCUT2D eigenvalue weighted by atomic mass is 16.5. The molecule has 1 fully saturated rings. The fourth-order valence-corrected chi connectivity index (χ4v) is 4.68. The van der Waals surface area contributed by atoms with Gasteiger partial charge in [0.1, 0.15) is 0 Å². The van der Waals surface area contributed by atoms with Gasteiger partial charge < -0.3 is 14.8 Å². The molecule has 5 nitrogen and oxygen atoms in total. The summed E-state index contributed by atoms with van der Waals surface area (Å²) in [6, 6.07) is 21.0. The molecule has 0 bridgehead atoms. The van der Waals surface area contributed by atoms with E-state index in [-0.39, 0.29) is 0 Å². The van der Waals surface area contributed by atoms with Crippen molar-refractivity contribution in [3.63, 3.8) is 0 Å². The summed E-state index contributed by atoms with van der Waals surface area (Å²) in [5.41, 5.74) is 6.31. The average molecular weight is 416 g/mol. The summed E-state index contributed by atoms with van der Waals surface area (Å²) >= 11 is 0. The standard InChI is InChI=1S/C26H29N3O2/c1-19-6-4-5-7-25(19)26(21(3)28-30,23-12-13-27-20(2)18-23)22-8-10-24(11-9-22)29-14-16-31-17-15-29/h4-13,18,30H,14-17H2,1-3H3/b28-21-/t26-/m1/s1. The third kappa shape index (κ3) is 3.81. The van der Waals surface area contributed by atoms with Gasteiger partial charge in [-0.15, -0.1) is 0 Å². The van der Waals surface area contributed by atoms with Crippen LogP contribution in [-0.2, 0) is 10.2 Å². The molecule has 2 heterocycles. The summed E-state index contributed by atoms with van der Waals surface area (Å²) < 4.78 is 5.49. The Kier molecular flexibility index (Phi) is 6.05. The minimum atomic E-state index is -0.725. The Morgan fingerprint density at radius 3 is 2.35 bits per heavy atom. The van der Waals surface area contributed by atoms with Gasteiger partial charge in [-0.3, -0.25) is 4.98 Å². The van der Waals surface area contributed by atoms with Crippen LogP contribution in [0.2, 0.25) is 0 Å². The van der Waals surface area contributed by atoms with Crippen molar-refractivity contribution in [2.45, 2.75) is 26.2 Å². The van der Waals surface area contributed by atoms with Crippen LogP contribution in [0, 0.1) is 13.8 Å². The third-order valence-corrected chi connectivity index (χ3v) is 6.25. The van der Waals surface area contributed by atoms with Gasteiger partial charge >= 0.3 is 0 Å². The number of ether oxygens (including phenoxy) is 1. The number of anilines is 1. The summed E-state index contributed by atoms with van der Waals surface area (Å²) in [5.74, 6) is 0. The molecular weight excluding hydrogens is 386 g/mol. The molecule has 0 aliphatic carbocycles. The first-order chi connectivity index (χ1) is 15.1. The molecule has 31 heavy (non-hydrogen) atoms. The zero-order valence-corrected chi connectivity index (χ0v) is 18.4. The van der Waals surface area contributed by atoms with Crippen molar-refractivity contribution in [2.75, 3.05) is 31.2 Å². The van der Waals surface area contributed by atoms with Gasteiger partial charge in [0.25, 0.3) is 0 Å². The highest BCUT2D eigenvalue weighted by Crippen LogP contribution is 2.42. The van der Waals surface area contributed by atoms with Crippen molar-refractivity contribution in [1.82, 2.24) is 4.98 Å². The molecule has 4 rings (SSSR count). The number of hydrogen-bond donors (Lipinski definition) is 1. The molecule has 5 heteroatoms. The van der Waals surface area contributed by atoms with Gasteiger partial charge in [-0.2, -0.15) is 0 Å². The van der Waals surface area contributed by atoms with Crippen LogP contribution in [0.3, 0.4) is 0 Å². The minimum absolute atomic E-state index is 0.617. The van der Waals surface area contributed by atoms with Gasteiger partial charge in [-0.25, -0.2) is 0 Å². The minimum Gasteiger partial charge on any atom is -0.411 e. The molecule has 1 atom stereocenters. The Morgan fingerprint density at radius 1 is 1.00 bits per heavy atom. The van der Waals surface area contributed by atoms with Crippen LogP contribution in [0.4, 0.5) is 5.69 Å². The first kappa shape index (κ1) is 21.1. The first-order valence-electron chi connectivity index (χ1n) is 10.7. The monoisotopic (exact) mass is 415 g/mol. The fourth-order valence-electron chi connectivity index (χ4n) is 4.68. The van der Waals surface area contributed by atoms with Gasteiger partial charge in [0.15, 0.2) is 0 Å². The van der Waals surface area contributed by atoms with E-state index in [1.165, 1.54) is 5.69 Å². The molecule has 0 radical (unpaired) electrons. The van der Waals surface area contributed by atoms with Gasteiger partial charge in [-0.1, -0.05) is 41.6 Å². The van der Waals surface area contributed by atoms with Crippen LogP contribution >= 0.6 is 0 Å². The van der Waals surface area contributed by atoms with Crippen molar-refractivity contribution >= 4 is 11.4 Å². The van der Waals surface area contributed by atoms with E-state index in [1.54, 1.807) is 0 Å². The predicted molar refractivity (Wildman–Crippen MR) is 124 cm³/mol. The fraction of sp³-hybridized carbons (Fsp3) is 0.308. The van der Waals surface area contributed by atoms with Crippen LogP contribution in [0.1, 0.15) is 34.9 Å². The van der Waals surface area contributed by atoms with E-state index in [2.05, 4.69) is 64.4 Å². The first-order valence-corrected chi connectivity index (χ1v) is 10.7. The lowest BCUT2D eigenvalue weighted by molar-refractivity contribution is 0.122. The topological polar surface area (TPSA) is 58.0 Å². The number of nitrogens with zero attached hydrogens (tertiary/aromatic N) is 3. The van der Waals surface area contributed by atoms with Crippen molar-refractivity contribution in [3.05, 3.63) is 94.8 Å². The Hall–Kier alpha value is -3.18. The summed E-state index contributed by atoms with van der Waals surface area (Å²) in [6.07, 6.45) is 1.82. The second-order valence-corrected chi connectivity index (χ2v) is 8.08. The van der Waals surface area contributed by atoms with Crippen LogP contribution in [0.25, 0.3) is 0 Å². The van der Waals surface area contributed by atoms with Crippen molar-refractivity contribution in [2.24, 2.45) is 5.16 Å². The smallest absolute Gasteiger partial charge is 0.0868 e. The summed E-state index contributed by atoms with van der Waals surface area (Å²) in [6.45, 7) is 9.26. The molecule has 1 aromatic heterocycles. The highest BCUT2D eigenvalue weighted by Gasteiger charge is 2.41. The zero-order valence-electron chi connectivity index (χ0n) is 18.4. The summed E-state index contributed by atoms with van der Waals surface area (Å²) in [4.78, 5) is 6.74.